The molecule has 170 valence electrons. The van der Waals surface area contributed by atoms with Crippen molar-refractivity contribution in [2.75, 3.05) is 0 Å². The molecule has 0 saturated carbocycles. The van der Waals surface area contributed by atoms with Gasteiger partial charge in [-0.3, -0.25) is 4.98 Å². The zero-order valence-corrected chi connectivity index (χ0v) is 17.4. The van der Waals surface area contributed by atoms with Crippen molar-refractivity contribution < 1.29 is 26.3 Å². The minimum absolute atomic E-state index is 0.552. The normalized spacial score (nSPS) is 12.4. The highest BCUT2D eigenvalue weighted by molar-refractivity contribution is 6.20. The predicted molar refractivity (Wildman–Crippen MR) is 120 cm³/mol. The monoisotopic (exact) mass is 467 g/mol. The van der Waals surface area contributed by atoms with Gasteiger partial charge in [-0.05, 0) is 57.8 Å². The molecule has 0 unspecified atom stereocenters. The number of rotatable bonds is 2. The molecule has 1 heterocycles. The average molecular weight is 467 g/mol. The van der Waals surface area contributed by atoms with Crippen LogP contribution in [0.5, 0.6) is 0 Å². The van der Waals surface area contributed by atoms with Crippen LogP contribution < -0.4 is 0 Å². The SMILES string of the molecule is FC(F)(F)c1ccc(-c2c3ccccc3c(-c3ccc(C(F)(F)F)cc3)c3ncccc23)cc1. The molecule has 0 spiro atoms. The maximum atomic E-state index is 13.1. The lowest BCUT2D eigenvalue weighted by molar-refractivity contribution is -0.138. The Bertz CT molecular complexity index is 1330. The van der Waals surface area contributed by atoms with Gasteiger partial charge in [0.25, 0.3) is 0 Å². The zero-order chi connectivity index (χ0) is 24.1. The first-order valence-corrected chi connectivity index (χ1v) is 10.3. The molecule has 4 aromatic carbocycles. The van der Waals surface area contributed by atoms with E-state index in [1.165, 1.54) is 24.3 Å². The van der Waals surface area contributed by atoms with Gasteiger partial charge in [-0.2, -0.15) is 26.3 Å². The Balaban J connectivity index is 1.81. The molecule has 5 aromatic rings. The molecule has 1 nitrogen and oxygen atoms in total. The highest BCUT2D eigenvalue weighted by Crippen LogP contribution is 2.43. The summed E-state index contributed by atoms with van der Waals surface area (Å²) in [6.07, 6.45) is -7.31. The van der Waals surface area contributed by atoms with Crippen molar-refractivity contribution in [3.63, 3.8) is 0 Å². The molecule has 0 aliphatic carbocycles. The Kier molecular flexibility index (Phi) is 5.08. The fourth-order valence-corrected chi connectivity index (χ4v) is 4.25. The molecule has 0 fully saturated rings. The number of nitrogens with zero attached hydrogens (tertiary/aromatic N) is 1. The summed E-state index contributed by atoms with van der Waals surface area (Å²) in [7, 11) is 0. The summed E-state index contributed by atoms with van der Waals surface area (Å²) in [6, 6.07) is 20.7. The van der Waals surface area contributed by atoms with Crippen molar-refractivity contribution in [1.82, 2.24) is 4.98 Å². The van der Waals surface area contributed by atoms with Crippen LogP contribution >= 0.6 is 0 Å². The van der Waals surface area contributed by atoms with Gasteiger partial charge in [-0.25, -0.2) is 0 Å². The highest BCUT2D eigenvalue weighted by Gasteiger charge is 2.31. The predicted octanol–water partition coefficient (Wildman–Crippen LogP) is 8.76. The minimum atomic E-state index is -4.45. The summed E-state index contributed by atoms with van der Waals surface area (Å²) in [4.78, 5) is 4.52. The van der Waals surface area contributed by atoms with Gasteiger partial charge in [-0.15, -0.1) is 0 Å². The number of halogens is 6. The van der Waals surface area contributed by atoms with Gasteiger partial charge in [0.05, 0.1) is 16.6 Å². The minimum Gasteiger partial charge on any atom is -0.256 e. The number of hydrogen-bond acceptors (Lipinski definition) is 1. The first-order chi connectivity index (χ1) is 16.1. The van der Waals surface area contributed by atoms with E-state index in [0.717, 1.165) is 35.0 Å². The molecular weight excluding hydrogens is 452 g/mol. The molecule has 0 atom stereocenters. The van der Waals surface area contributed by atoms with Gasteiger partial charge >= 0.3 is 12.4 Å². The summed E-state index contributed by atoms with van der Waals surface area (Å²) in [5.74, 6) is 0. The van der Waals surface area contributed by atoms with Gasteiger partial charge in [0, 0.05) is 17.1 Å². The van der Waals surface area contributed by atoms with E-state index in [4.69, 9.17) is 0 Å². The van der Waals surface area contributed by atoms with E-state index in [1.54, 1.807) is 18.3 Å². The third-order valence-corrected chi connectivity index (χ3v) is 5.78. The van der Waals surface area contributed by atoms with Crippen molar-refractivity contribution >= 4 is 21.7 Å². The molecule has 0 radical (unpaired) electrons. The van der Waals surface area contributed by atoms with Crippen LogP contribution in [0.4, 0.5) is 26.3 Å². The van der Waals surface area contributed by atoms with Gasteiger partial charge in [-0.1, -0.05) is 54.6 Å². The number of benzene rings is 4. The summed E-state index contributed by atoms with van der Waals surface area (Å²) in [6.45, 7) is 0. The molecule has 0 aliphatic heterocycles. The van der Waals surface area contributed by atoms with Crippen LogP contribution in [0.2, 0.25) is 0 Å². The lowest BCUT2D eigenvalue weighted by Crippen LogP contribution is -2.04. The molecule has 7 heteroatoms. The first-order valence-electron chi connectivity index (χ1n) is 10.3. The Hall–Kier alpha value is -3.87. The van der Waals surface area contributed by atoms with Gasteiger partial charge in [0.15, 0.2) is 0 Å². The second-order valence-electron chi connectivity index (χ2n) is 7.85. The van der Waals surface area contributed by atoms with Gasteiger partial charge in [0.1, 0.15) is 0 Å². The Morgan fingerprint density at radius 3 is 1.41 bits per heavy atom. The molecule has 0 bridgehead atoms. The summed E-state index contributed by atoms with van der Waals surface area (Å²) in [5.41, 5.74) is 1.58. The van der Waals surface area contributed by atoms with E-state index >= 15 is 0 Å². The van der Waals surface area contributed by atoms with E-state index in [2.05, 4.69) is 4.98 Å². The van der Waals surface area contributed by atoms with Crippen molar-refractivity contribution in [3.05, 3.63) is 102 Å². The molecular formula is C27H15F6N. The maximum absolute atomic E-state index is 13.1. The number of pyridine rings is 1. The smallest absolute Gasteiger partial charge is 0.256 e. The lowest BCUT2D eigenvalue weighted by atomic mass is 9.87. The molecule has 34 heavy (non-hydrogen) atoms. The average Bonchev–Trinajstić information content (AvgIpc) is 2.81. The van der Waals surface area contributed by atoms with E-state index in [1.807, 2.05) is 24.3 Å². The van der Waals surface area contributed by atoms with Gasteiger partial charge in [0.2, 0.25) is 0 Å². The highest BCUT2D eigenvalue weighted by atomic mass is 19.4. The maximum Gasteiger partial charge on any atom is 0.416 e. The van der Waals surface area contributed by atoms with Crippen molar-refractivity contribution in [1.29, 1.82) is 0 Å². The summed E-state index contributed by atoms with van der Waals surface area (Å²) in [5, 5.41) is 2.19. The van der Waals surface area contributed by atoms with Crippen molar-refractivity contribution in [2.24, 2.45) is 0 Å². The first kappa shape index (κ1) is 21.9. The molecule has 1 aromatic heterocycles. The van der Waals surface area contributed by atoms with Crippen LogP contribution in [0, 0.1) is 0 Å². The summed E-state index contributed by atoms with van der Waals surface area (Å²) < 4.78 is 78.5. The largest absolute Gasteiger partial charge is 0.416 e. The number of fused-ring (bicyclic) bond motifs is 2. The van der Waals surface area contributed by atoms with E-state index in [-0.39, 0.29) is 0 Å². The summed E-state index contributed by atoms with van der Waals surface area (Å²) >= 11 is 0. The third kappa shape index (κ3) is 3.77. The quantitative estimate of drug-likeness (QED) is 0.187. The molecule has 5 rings (SSSR count). The van der Waals surface area contributed by atoms with Crippen LogP contribution in [0.1, 0.15) is 11.1 Å². The fourth-order valence-electron chi connectivity index (χ4n) is 4.25. The van der Waals surface area contributed by atoms with E-state index in [0.29, 0.717) is 33.2 Å². The van der Waals surface area contributed by atoms with Crippen LogP contribution in [0.3, 0.4) is 0 Å². The lowest BCUT2D eigenvalue weighted by Gasteiger charge is -2.17. The fraction of sp³-hybridized carbons (Fsp3) is 0.0741. The second kappa shape index (κ2) is 7.87. The van der Waals surface area contributed by atoms with E-state index in [9.17, 15) is 26.3 Å². The van der Waals surface area contributed by atoms with E-state index < -0.39 is 23.5 Å². The van der Waals surface area contributed by atoms with Crippen LogP contribution in [-0.4, -0.2) is 4.98 Å². The molecule has 0 N–H and O–H groups in total. The Labute approximate surface area is 190 Å². The number of alkyl halides is 6. The zero-order valence-electron chi connectivity index (χ0n) is 17.4. The third-order valence-electron chi connectivity index (χ3n) is 5.78. The Morgan fingerprint density at radius 1 is 0.471 bits per heavy atom. The van der Waals surface area contributed by atoms with Crippen LogP contribution in [0.15, 0.2) is 91.1 Å². The molecule has 0 aliphatic rings. The number of aromatic nitrogens is 1. The molecule has 0 amide bonds. The number of hydrogen-bond donors (Lipinski definition) is 0. The standard InChI is InChI=1S/C27H15F6N/c28-26(29,30)18-11-7-16(8-12-18)23-20-4-1-2-5-21(20)24(25-22(23)6-3-15-34-25)17-9-13-19(14-10-17)27(31,32)33/h1-15H. The topological polar surface area (TPSA) is 12.9 Å². The second-order valence-corrected chi connectivity index (χ2v) is 7.85. The Morgan fingerprint density at radius 2 is 0.912 bits per heavy atom. The van der Waals surface area contributed by atoms with Crippen LogP contribution in [-0.2, 0) is 12.4 Å². The van der Waals surface area contributed by atoms with Gasteiger partial charge < -0.3 is 0 Å². The van der Waals surface area contributed by atoms with Crippen LogP contribution in [0.25, 0.3) is 43.9 Å². The van der Waals surface area contributed by atoms with Crippen molar-refractivity contribution in [3.8, 4) is 22.3 Å². The molecule has 0 saturated heterocycles. The van der Waals surface area contributed by atoms with Crippen molar-refractivity contribution in [2.45, 2.75) is 12.4 Å².